The molecule has 0 saturated heterocycles. The molecule has 1 heterocycles. The minimum absolute atomic E-state index is 0.247. The summed E-state index contributed by atoms with van der Waals surface area (Å²) in [6.07, 6.45) is 2.34. The van der Waals surface area contributed by atoms with E-state index in [2.05, 4.69) is 29.1 Å². The van der Waals surface area contributed by atoms with Crippen molar-refractivity contribution < 1.29 is 4.74 Å². The highest BCUT2D eigenvalue weighted by molar-refractivity contribution is 5.28. The molecule has 1 aromatic rings. The average Bonchev–Trinajstić information content (AvgIpc) is 2.76. The van der Waals surface area contributed by atoms with Gasteiger partial charge >= 0.3 is 0 Å². The Morgan fingerprint density at radius 1 is 1.50 bits per heavy atom. The van der Waals surface area contributed by atoms with E-state index in [-0.39, 0.29) is 5.41 Å². The Balaban J connectivity index is 1.93. The summed E-state index contributed by atoms with van der Waals surface area (Å²) >= 11 is 0. The summed E-state index contributed by atoms with van der Waals surface area (Å²) in [7, 11) is 1.71. The van der Waals surface area contributed by atoms with Gasteiger partial charge in [-0.05, 0) is 12.8 Å². The molecule has 1 aromatic heterocycles. The first kappa shape index (κ1) is 11.6. The van der Waals surface area contributed by atoms with Gasteiger partial charge in [-0.2, -0.15) is 0 Å². The molecular weight excluding hydrogens is 202 g/mol. The Bertz CT molecular complexity index is 357. The molecule has 2 rings (SSSR count). The maximum Gasteiger partial charge on any atom is 0.120 e. The van der Waals surface area contributed by atoms with Crippen LogP contribution >= 0.6 is 0 Å². The number of rotatable bonds is 5. The molecule has 1 aliphatic carbocycles. The second-order valence-corrected chi connectivity index (χ2v) is 5.06. The van der Waals surface area contributed by atoms with Crippen LogP contribution in [0.2, 0.25) is 0 Å². The minimum atomic E-state index is 0.247. The second kappa shape index (κ2) is 4.55. The Morgan fingerprint density at radius 3 is 3.00 bits per heavy atom. The highest BCUT2D eigenvalue weighted by Crippen LogP contribution is 2.36. The van der Waals surface area contributed by atoms with Gasteiger partial charge in [0.1, 0.15) is 5.82 Å². The molecule has 0 radical (unpaired) electrons. The molecule has 0 aromatic carbocycles. The van der Waals surface area contributed by atoms with Gasteiger partial charge in [0.25, 0.3) is 0 Å². The number of ether oxygens (including phenoxy) is 1. The first-order chi connectivity index (χ1) is 7.63. The van der Waals surface area contributed by atoms with Crippen molar-refractivity contribution in [3.63, 3.8) is 0 Å². The summed E-state index contributed by atoms with van der Waals surface area (Å²) in [6.45, 7) is 6.94. The van der Waals surface area contributed by atoms with Crippen molar-refractivity contribution >= 4 is 0 Å². The molecule has 0 aliphatic heterocycles. The molecule has 0 saturated carbocycles. The van der Waals surface area contributed by atoms with Crippen molar-refractivity contribution in [1.82, 2.24) is 15.3 Å². The lowest BCUT2D eigenvalue weighted by Crippen LogP contribution is -2.20. The maximum absolute atomic E-state index is 4.98. The van der Waals surface area contributed by atoms with Gasteiger partial charge in [0, 0.05) is 24.8 Å². The lowest BCUT2D eigenvalue weighted by Gasteiger charge is -2.15. The third-order valence-corrected chi connectivity index (χ3v) is 3.24. The van der Waals surface area contributed by atoms with Crippen molar-refractivity contribution in [2.45, 2.75) is 38.6 Å². The highest BCUT2D eigenvalue weighted by atomic mass is 16.5. The van der Waals surface area contributed by atoms with Crippen LogP contribution in [-0.2, 0) is 23.1 Å². The van der Waals surface area contributed by atoms with E-state index in [1.807, 2.05) is 0 Å². The van der Waals surface area contributed by atoms with Crippen molar-refractivity contribution in [2.75, 3.05) is 20.3 Å². The largest absolute Gasteiger partial charge is 0.383 e. The molecule has 0 bridgehead atoms. The first-order valence-corrected chi connectivity index (χ1v) is 5.91. The number of fused-ring (bicyclic) bond motifs is 1. The zero-order valence-corrected chi connectivity index (χ0v) is 10.4. The van der Waals surface area contributed by atoms with Crippen LogP contribution in [0.3, 0.4) is 0 Å². The number of H-pyrrole nitrogens is 1. The van der Waals surface area contributed by atoms with Crippen LogP contribution in [0.5, 0.6) is 0 Å². The Hall–Kier alpha value is -0.870. The molecule has 0 unspecified atom stereocenters. The monoisotopic (exact) mass is 223 g/mol. The standard InChI is InChI=1S/C12H21N3O/c1-12(2)5-4-9-11(12)15-10(14-9)8-13-6-7-16-3/h13H,4-8H2,1-3H3,(H,14,15). The number of methoxy groups -OCH3 is 1. The normalized spacial score (nSPS) is 17.7. The smallest absolute Gasteiger partial charge is 0.120 e. The van der Waals surface area contributed by atoms with Crippen LogP contribution in [0, 0.1) is 0 Å². The molecule has 4 nitrogen and oxygen atoms in total. The van der Waals surface area contributed by atoms with Gasteiger partial charge in [-0.15, -0.1) is 0 Å². The molecule has 2 N–H and O–H groups in total. The summed E-state index contributed by atoms with van der Waals surface area (Å²) in [6, 6.07) is 0. The summed E-state index contributed by atoms with van der Waals surface area (Å²) in [5, 5.41) is 3.30. The van der Waals surface area contributed by atoms with Crippen molar-refractivity contribution in [3.05, 3.63) is 17.2 Å². The number of nitrogens with zero attached hydrogens (tertiary/aromatic N) is 1. The van der Waals surface area contributed by atoms with E-state index in [1.165, 1.54) is 17.8 Å². The predicted octanol–water partition coefficient (Wildman–Crippen LogP) is 1.37. The van der Waals surface area contributed by atoms with E-state index in [4.69, 9.17) is 4.74 Å². The highest BCUT2D eigenvalue weighted by Gasteiger charge is 2.33. The summed E-state index contributed by atoms with van der Waals surface area (Å²) in [5.74, 6) is 1.05. The van der Waals surface area contributed by atoms with Gasteiger partial charge in [-0.25, -0.2) is 4.98 Å². The summed E-state index contributed by atoms with van der Waals surface area (Å²) in [5.41, 5.74) is 2.83. The van der Waals surface area contributed by atoms with E-state index in [9.17, 15) is 0 Å². The van der Waals surface area contributed by atoms with E-state index in [0.717, 1.165) is 31.9 Å². The number of hydrogen-bond donors (Lipinski definition) is 2. The average molecular weight is 223 g/mol. The minimum Gasteiger partial charge on any atom is -0.383 e. The fourth-order valence-electron chi connectivity index (χ4n) is 2.23. The Morgan fingerprint density at radius 2 is 2.31 bits per heavy atom. The SMILES string of the molecule is COCCNCc1nc2c([nH]1)CCC2(C)C. The number of aryl methyl sites for hydroxylation is 1. The number of aromatic nitrogens is 2. The van der Waals surface area contributed by atoms with Crippen LogP contribution in [0.15, 0.2) is 0 Å². The molecular formula is C12H21N3O. The molecule has 16 heavy (non-hydrogen) atoms. The Labute approximate surface area is 96.8 Å². The third kappa shape index (κ3) is 2.28. The lowest BCUT2D eigenvalue weighted by atomic mass is 9.91. The number of nitrogens with one attached hydrogen (secondary N) is 2. The van der Waals surface area contributed by atoms with E-state index >= 15 is 0 Å². The fourth-order valence-corrected chi connectivity index (χ4v) is 2.23. The maximum atomic E-state index is 4.98. The van der Waals surface area contributed by atoms with Gasteiger partial charge in [0.05, 0.1) is 18.8 Å². The van der Waals surface area contributed by atoms with Crippen molar-refractivity contribution in [1.29, 1.82) is 0 Å². The molecule has 0 amide bonds. The van der Waals surface area contributed by atoms with Gasteiger partial charge in [0.2, 0.25) is 0 Å². The summed E-state index contributed by atoms with van der Waals surface area (Å²) in [4.78, 5) is 8.09. The zero-order chi connectivity index (χ0) is 11.6. The van der Waals surface area contributed by atoms with Crippen LogP contribution in [-0.4, -0.2) is 30.2 Å². The lowest BCUT2D eigenvalue weighted by molar-refractivity contribution is 0.199. The predicted molar refractivity (Wildman–Crippen MR) is 63.5 cm³/mol. The first-order valence-electron chi connectivity index (χ1n) is 5.91. The molecule has 0 spiro atoms. The van der Waals surface area contributed by atoms with Crippen LogP contribution in [0.25, 0.3) is 0 Å². The molecule has 90 valence electrons. The topological polar surface area (TPSA) is 49.9 Å². The van der Waals surface area contributed by atoms with E-state index < -0.39 is 0 Å². The quantitative estimate of drug-likeness (QED) is 0.741. The second-order valence-electron chi connectivity index (χ2n) is 5.06. The third-order valence-electron chi connectivity index (χ3n) is 3.24. The number of hydrogen-bond acceptors (Lipinski definition) is 3. The van der Waals surface area contributed by atoms with Crippen molar-refractivity contribution in [2.24, 2.45) is 0 Å². The van der Waals surface area contributed by atoms with Crippen molar-refractivity contribution in [3.8, 4) is 0 Å². The van der Waals surface area contributed by atoms with E-state index in [0.29, 0.717) is 0 Å². The molecule has 1 aliphatic rings. The van der Waals surface area contributed by atoms with Gasteiger partial charge < -0.3 is 15.0 Å². The van der Waals surface area contributed by atoms with Crippen LogP contribution in [0.4, 0.5) is 0 Å². The molecule has 4 heteroatoms. The number of imidazole rings is 1. The molecule has 0 atom stereocenters. The van der Waals surface area contributed by atoms with Gasteiger partial charge in [-0.3, -0.25) is 0 Å². The fraction of sp³-hybridized carbons (Fsp3) is 0.750. The molecule has 0 fully saturated rings. The van der Waals surface area contributed by atoms with E-state index in [1.54, 1.807) is 7.11 Å². The van der Waals surface area contributed by atoms with Gasteiger partial charge in [-0.1, -0.05) is 13.8 Å². The summed E-state index contributed by atoms with van der Waals surface area (Å²) < 4.78 is 4.98. The van der Waals surface area contributed by atoms with Gasteiger partial charge in [0.15, 0.2) is 0 Å². The van der Waals surface area contributed by atoms with Crippen LogP contribution in [0.1, 0.15) is 37.5 Å². The zero-order valence-electron chi connectivity index (χ0n) is 10.4. The van der Waals surface area contributed by atoms with Crippen LogP contribution < -0.4 is 5.32 Å². The Kier molecular flexibility index (Phi) is 3.30. The number of aromatic amines is 1.